The van der Waals surface area contributed by atoms with E-state index in [2.05, 4.69) is 16.9 Å². The Hall–Kier alpha value is -1.59. The molecule has 0 spiro atoms. The number of anilines is 1. The van der Waals surface area contributed by atoms with Gasteiger partial charge in [0.2, 0.25) is 0 Å². The number of amides is 1. The average Bonchev–Trinajstić information content (AvgIpc) is 2.67. The molecular weight excluding hydrogens is 318 g/mol. The lowest BCUT2D eigenvalue weighted by atomic mass is 10.1. The highest BCUT2D eigenvalue weighted by atomic mass is 35.5. The van der Waals surface area contributed by atoms with Gasteiger partial charge in [-0.15, -0.1) is 11.8 Å². The van der Waals surface area contributed by atoms with Gasteiger partial charge >= 0.3 is 0 Å². The molecule has 0 bridgehead atoms. The van der Waals surface area contributed by atoms with Crippen molar-refractivity contribution in [3.8, 4) is 0 Å². The first-order valence-corrected chi connectivity index (χ1v) is 8.44. The molecule has 2 aromatic rings. The number of hydrogen-bond donors (Lipinski definition) is 0. The lowest BCUT2D eigenvalue weighted by Gasteiger charge is -2.24. The molecule has 1 aliphatic rings. The maximum atomic E-state index is 12.9. The van der Waals surface area contributed by atoms with Gasteiger partial charge in [0.15, 0.2) is 0 Å². The van der Waals surface area contributed by atoms with Crippen LogP contribution in [0.4, 0.5) is 5.69 Å². The van der Waals surface area contributed by atoms with Crippen LogP contribution < -0.4 is 4.90 Å². The summed E-state index contributed by atoms with van der Waals surface area (Å²) < 4.78 is 0. The molecule has 4 nitrogen and oxygen atoms in total. The fourth-order valence-electron chi connectivity index (χ4n) is 2.35. The molecule has 3 rings (SSSR count). The Bertz CT molecular complexity index is 705. The standard InChI is InChI=1S/C16H16ClN3OS/c1-10-8-20(16(21)13-7-18-11(2)6-19-13)14-5-12(17)3-4-15(14)22-9-10/h3-7,10H,8-9H2,1-2H3/t10-/m1/s1. The number of benzene rings is 1. The normalized spacial score (nSPS) is 17.8. The molecule has 0 saturated carbocycles. The zero-order valence-electron chi connectivity index (χ0n) is 12.4. The molecule has 0 saturated heterocycles. The predicted molar refractivity (Wildman–Crippen MR) is 89.8 cm³/mol. The second-order valence-electron chi connectivity index (χ2n) is 5.49. The minimum Gasteiger partial charge on any atom is -0.305 e. The van der Waals surface area contributed by atoms with Crippen molar-refractivity contribution in [2.24, 2.45) is 5.92 Å². The van der Waals surface area contributed by atoms with Crippen molar-refractivity contribution in [3.63, 3.8) is 0 Å². The summed E-state index contributed by atoms with van der Waals surface area (Å²) in [4.78, 5) is 24.1. The van der Waals surface area contributed by atoms with E-state index in [0.717, 1.165) is 22.0 Å². The maximum absolute atomic E-state index is 12.9. The molecule has 1 aliphatic heterocycles. The minimum atomic E-state index is -0.134. The Kier molecular flexibility index (Phi) is 4.36. The number of halogens is 1. The van der Waals surface area contributed by atoms with Gasteiger partial charge in [0.05, 0.1) is 17.6 Å². The van der Waals surface area contributed by atoms with Crippen LogP contribution in [-0.2, 0) is 0 Å². The summed E-state index contributed by atoms with van der Waals surface area (Å²) >= 11 is 7.88. The van der Waals surface area contributed by atoms with Crippen LogP contribution in [0.5, 0.6) is 0 Å². The lowest BCUT2D eigenvalue weighted by molar-refractivity contribution is 0.0978. The van der Waals surface area contributed by atoms with E-state index < -0.39 is 0 Å². The van der Waals surface area contributed by atoms with E-state index in [9.17, 15) is 4.79 Å². The third-order valence-corrected chi connectivity index (χ3v) is 5.10. The van der Waals surface area contributed by atoms with E-state index in [0.29, 0.717) is 23.2 Å². The molecule has 0 aliphatic carbocycles. The van der Waals surface area contributed by atoms with Gasteiger partial charge in [-0.25, -0.2) is 4.98 Å². The smallest absolute Gasteiger partial charge is 0.278 e. The number of hydrogen-bond acceptors (Lipinski definition) is 4. The van der Waals surface area contributed by atoms with Crippen LogP contribution in [0.15, 0.2) is 35.5 Å². The van der Waals surface area contributed by atoms with E-state index in [1.807, 2.05) is 25.1 Å². The highest BCUT2D eigenvalue weighted by molar-refractivity contribution is 7.99. The van der Waals surface area contributed by atoms with E-state index in [4.69, 9.17) is 11.6 Å². The Morgan fingerprint density at radius 1 is 1.36 bits per heavy atom. The number of rotatable bonds is 1. The Balaban J connectivity index is 2.02. The Morgan fingerprint density at radius 3 is 2.91 bits per heavy atom. The summed E-state index contributed by atoms with van der Waals surface area (Å²) in [5.74, 6) is 1.22. The Labute approximate surface area is 138 Å². The molecule has 0 N–H and O–H groups in total. The quantitative estimate of drug-likeness (QED) is 0.795. The maximum Gasteiger partial charge on any atom is 0.278 e. The largest absolute Gasteiger partial charge is 0.305 e. The fourth-order valence-corrected chi connectivity index (χ4v) is 3.57. The second-order valence-corrected chi connectivity index (χ2v) is 6.99. The summed E-state index contributed by atoms with van der Waals surface area (Å²) in [5, 5.41) is 0.627. The number of thioether (sulfide) groups is 1. The fraction of sp³-hybridized carbons (Fsp3) is 0.312. The molecule has 0 fully saturated rings. The summed E-state index contributed by atoms with van der Waals surface area (Å²) in [6, 6.07) is 5.68. The number of fused-ring (bicyclic) bond motifs is 1. The second kappa shape index (κ2) is 6.26. The van der Waals surface area contributed by atoms with Crippen LogP contribution >= 0.6 is 23.4 Å². The highest BCUT2D eigenvalue weighted by Crippen LogP contribution is 2.37. The molecular formula is C16H16ClN3OS. The van der Waals surface area contributed by atoms with Crippen molar-refractivity contribution in [2.45, 2.75) is 18.7 Å². The molecule has 0 radical (unpaired) electrons. The SMILES string of the molecule is Cc1cnc(C(=O)N2C[C@@H](C)CSc3ccc(Cl)cc32)cn1. The van der Waals surface area contributed by atoms with Crippen LogP contribution in [-0.4, -0.2) is 28.2 Å². The molecule has 1 aromatic heterocycles. The van der Waals surface area contributed by atoms with Gasteiger partial charge in [-0.2, -0.15) is 0 Å². The predicted octanol–water partition coefficient (Wildman–Crippen LogP) is 3.83. The zero-order chi connectivity index (χ0) is 15.7. The third-order valence-electron chi connectivity index (χ3n) is 3.47. The summed E-state index contributed by atoms with van der Waals surface area (Å²) in [5.41, 5.74) is 2.00. The van der Waals surface area contributed by atoms with Crippen LogP contribution in [0.1, 0.15) is 23.1 Å². The van der Waals surface area contributed by atoms with Crippen molar-refractivity contribution in [1.29, 1.82) is 0 Å². The van der Waals surface area contributed by atoms with Crippen molar-refractivity contribution < 1.29 is 4.79 Å². The van der Waals surface area contributed by atoms with E-state index in [1.54, 1.807) is 22.9 Å². The first-order chi connectivity index (χ1) is 10.5. The van der Waals surface area contributed by atoms with E-state index >= 15 is 0 Å². The number of carbonyl (C=O) groups excluding carboxylic acids is 1. The van der Waals surface area contributed by atoms with E-state index in [-0.39, 0.29) is 5.91 Å². The van der Waals surface area contributed by atoms with Crippen LogP contribution in [0.25, 0.3) is 0 Å². The van der Waals surface area contributed by atoms with Crippen molar-refractivity contribution >= 4 is 35.0 Å². The molecule has 2 heterocycles. The third kappa shape index (κ3) is 3.10. The minimum absolute atomic E-state index is 0.134. The van der Waals surface area contributed by atoms with Gasteiger partial charge in [0.25, 0.3) is 5.91 Å². The zero-order valence-corrected chi connectivity index (χ0v) is 14.0. The topological polar surface area (TPSA) is 46.1 Å². The van der Waals surface area contributed by atoms with Crippen molar-refractivity contribution in [3.05, 3.63) is 47.0 Å². The van der Waals surface area contributed by atoms with Crippen LogP contribution in [0.3, 0.4) is 0 Å². The van der Waals surface area contributed by atoms with E-state index in [1.165, 1.54) is 6.20 Å². The molecule has 22 heavy (non-hydrogen) atoms. The van der Waals surface area contributed by atoms with Gasteiger partial charge in [-0.3, -0.25) is 9.78 Å². The molecule has 1 atom stereocenters. The summed E-state index contributed by atoms with van der Waals surface area (Å²) in [6.07, 6.45) is 3.15. The van der Waals surface area contributed by atoms with Gasteiger partial charge in [-0.1, -0.05) is 18.5 Å². The highest BCUT2D eigenvalue weighted by Gasteiger charge is 2.26. The van der Waals surface area contributed by atoms with Crippen LogP contribution in [0, 0.1) is 12.8 Å². The summed E-state index contributed by atoms with van der Waals surface area (Å²) in [7, 11) is 0. The molecule has 114 valence electrons. The number of aromatic nitrogens is 2. The van der Waals surface area contributed by atoms with Gasteiger partial charge in [-0.05, 0) is 31.0 Å². The van der Waals surface area contributed by atoms with Crippen molar-refractivity contribution in [2.75, 3.05) is 17.2 Å². The average molecular weight is 334 g/mol. The number of aryl methyl sites for hydroxylation is 1. The van der Waals surface area contributed by atoms with Crippen LogP contribution in [0.2, 0.25) is 5.02 Å². The Morgan fingerprint density at radius 2 is 2.18 bits per heavy atom. The molecule has 6 heteroatoms. The molecule has 1 aromatic carbocycles. The van der Waals surface area contributed by atoms with Gasteiger partial charge < -0.3 is 4.90 Å². The van der Waals surface area contributed by atoms with Gasteiger partial charge in [0.1, 0.15) is 5.69 Å². The number of nitrogens with zero attached hydrogens (tertiary/aromatic N) is 3. The summed E-state index contributed by atoms with van der Waals surface area (Å²) in [6.45, 7) is 4.64. The lowest BCUT2D eigenvalue weighted by Crippen LogP contribution is -2.35. The number of carbonyl (C=O) groups is 1. The first-order valence-electron chi connectivity index (χ1n) is 7.07. The first kappa shape index (κ1) is 15.3. The monoisotopic (exact) mass is 333 g/mol. The molecule has 0 unspecified atom stereocenters. The molecule has 1 amide bonds. The van der Waals surface area contributed by atoms with Gasteiger partial charge in [0, 0.05) is 28.4 Å². The van der Waals surface area contributed by atoms with Crippen molar-refractivity contribution in [1.82, 2.24) is 9.97 Å².